The minimum absolute atomic E-state index is 0.141. The molecule has 1 atom stereocenters. The highest BCUT2D eigenvalue weighted by molar-refractivity contribution is 6.04. The Labute approximate surface area is 159 Å². The summed E-state index contributed by atoms with van der Waals surface area (Å²) in [4.78, 5) is 25.7. The topological polar surface area (TPSA) is 70.7 Å². The van der Waals surface area contributed by atoms with Gasteiger partial charge < -0.3 is 20.3 Å². The number of carbonyl (C=O) groups excluding carboxylic acids is 2. The molecule has 1 heterocycles. The summed E-state index contributed by atoms with van der Waals surface area (Å²) < 4.78 is 5.48. The van der Waals surface area contributed by atoms with Gasteiger partial charge in [0, 0.05) is 49.7 Å². The molecule has 3 rings (SSSR count). The van der Waals surface area contributed by atoms with Crippen molar-refractivity contribution in [1.29, 1.82) is 0 Å². The zero-order valence-corrected chi connectivity index (χ0v) is 15.7. The molecule has 1 unspecified atom stereocenters. The van der Waals surface area contributed by atoms with Gasteiger partial charge >= 0.3 is 0 Å². The maximum Gasteiger partial charge on any atom is 0.255 e. The van der Waals surface area contributed by atoms with Crippen molar-refractivity contribution in [2.24, 2.45) is 0 Å². The molecular formula is C21H25N3O3. The van der Waals surface area contributed by atoms with E-state index in [-0.39, 0.29) is 17.9 Å². The van der Waals surface area contributed by atoms with Crippen molar-refractivity contribution in [3.8, 4) is 0 Å². The van der Waals surface area contributed by atoms with E-state index in [1.165, 1.54) is 6.92 Å². The van der Waals surface area contributed by atoms with Crippen molar-refractivity contribution < 1.29 is 14.3 Å². The molecule has 2 aromatic carbocycles. The molecule has 142 valence electrons. The van der Waals surface area contributed by atoms with Crippen LogP contribution in [0.3, 0.4) is 0 Å². The lowest BCUT2D eigenvalue weighted by Crippen LogP contribution is -2.39. The second-order valence-corrected chi connectivity index (χ2v) is 6.71. The molecule has 6 heteroatoms. The van der Waals surface area contributed by atoms with Crippen molar-refractivity contribution in [2.75, 3.05) is 35.7 Å². The lowest BCUT2D eigenvalue weighted by molar-refractivity contribution is -0.114. The van der Waals surface area contributed by atoms with Crippen LogP contribution in [-0.4, -0.2) is 38.1 Å². The molecule has 1 saturated heterocycles. The Morgan fingerprint density at radius 2 is 1.63 bits per heavy atom. The predicted octanol–water partition coefficient (Wildman–Crippen LogP) is 3.51. The van der Waals surface area contributed by atoms with E-state index in [0.717, 1.165) is 37.3 Å². The maximum absolute atomic E-state index is 12.4. The third-order valence-electron chi connectivity index (χ3n) is 4.67. The second kappa shape index (κ2) is 8.68. The molecule has 1 aliphatic rings. The molecule has 6 nitrogen and oxygen atoms in total. The van der Waals surface area contributed by atoms with Crippen LogP contribution in [0.25, 0.3) is 0 Å². The molecule has 2 N–H and O–H groups in total. The van der Waals surface area contributed by atoms with Crippen molar-refractivity contribution in [1.82, 2.24) is 0 Å². The fraction of sp³-hybridized carbons (Fsp3) is 0.333. The van der Waals surface area contributed by atoms with Crippen molar-refractivity contribution >= 4 is 28.9 Å². The lowest BCUT2D eigenvalue weighted by atomic mass is 10.1. The van der Waals surface area contributed by atoms with Gasteiger partial charge in [-0.05, 0) is 61.4 Å². The molecule has 1 aliphatic heterocycles. The van der Waals surface area contributed by atoms with Gasteiger partial charge in [0.15, 0.2) is 0 Å². The molecule has 2 amide bonds. The largest absolute Gasteiger partial charge is 0.380 e. The van der Waals surface area contributed by atoms with Crippen molar-refractivity contribution in [2.45, 2.75) is 25.9 Å². The third kappa shape index (κ3) is 5.08. The Bertz CT molecular complexity index is 787. The Balaban J connectivity index is 1.60. The fourth-order valence-electron chi connectivity index (χ4n) is 3.23. The van der Waals surface area contributed by atoms with Crippen LogP contribution in [0.4, 0.5) is 17.1 Å². The van der Waals surface area contributed by atoms with Crippen LogP contribution < -0.4 is 15.5 Å². The van der Waals surface area contributed by atoms with Crippen LogP contribution in [0.2, 0.25) is 0 Å². The quantitative estimate of drug-likeness (QED) is 0.848. The summed E-state index contributed by atoms with van der Waals surface area (Å²) in [6, 6.07) is 14.7. The molecule has 0 spiro atoms. The number of methoxy groups -OCH3 is 1. The average molecular weight is 367 g/mol. The van der Waals surface area contributed by atoms with Gasteiger partial charge in [0.25, 0.3) is 5.91 Å². The Hall–Kier alpha value is -2.86. The number of benzene rings is 2. The first-order valence-corrected chi connectivity index (χ1v) is 9.12. The molecule has 1 fully saturated rings. The van der Waals surface area contributed by atoms with Crippen LogP contribution >= 0.6 is 0 Å². The van der Waals surface area contributed by atoms with Gasteiger partial charge in [0.2, 0.25) is 5.91 Å². The van der Waals surface area contributed by atoms with Gasteiger partial charge in [-0.15, -0.1) is 0 Å². The van der Waals surface area contributed by atoms with E-state index in [1.807, 2.05) is 24.3 Å². The van der Waals surface area contributed by atoms with Gasteiger partial charge in [0.1, 0.15) is 0 Å². The van der Waals surface area contributed by atoms with Crippen LogP contribution in [0, 0.1) is 0 Å². The van der Waals surface area contributed by atoms with E-state index < -0.39 is 0 Å². The van der Waals surface area contributed by atoms with Crippen LogP contribution in [0.15, 0.2) is 48.5 Å². The number of nitrogens with zero attached hydrogens (tertiary/aromatic N) is 1. The van der Waals surface area contributed by atoms with E-state index in [2.05, 4.69) is 15.5 Å². The molecule has 0 aliphatic carbocycles. The molecular weight excluding hydrogens is 342 g/mol. The third-order valence-corrected chi connectivity index (χ3v) is 4.67. The molecule has 0 saturated carbocycles. The van der Waals surface area contributed by atoms with E-state index in [4.69, 9.17) is 4.74 Å². The number of hydrogen-bond donors (Lipinski definition) is 2. The number of nitrogens with one attached hydrogen (secondary N) is 2. The normalized spacial score (nSPS) is 16.7. The number of amides is 2. The van der Waals surface area contributed by atoms with Gasteiger partial charge in [-0.2, -0.15) is 0 Å². The minimum Gasteiger partial charge on any atom is -0.380 e. The first-order valence-electron chi connectivity index (χ1n) is 9.12. The van der Waals surface area contributed by atoms with E-state index >= 15 is 0 Å². The van der Waals surface area contributed by atoms with E-state index in [0.29, 0.717) is 11.3 Å². The summed E-state index contributed by atoms with van der Waals surface area (Å²) in [5.41, 5.74) is 3.08. The molecule has 0 bridgehead atoms. The number of hydrogen-bond acceptors (Lipinski definition) is 4. The highest BCUT2D eigenvalue weighted by atomic mass is 16.5. The Kier molecular flexibility index (Phi) is 6.08. The van der Waals surface area contributed by atoms with Crippen molar-refractivity contribution in [3.05, 3.63) is 54.1 Å². The molecule has 0 aromatic heterocycles. The minimum atomic E-state index is -0.186. The summed E-state index contributed by atoms with van der Waals surface area (Å²) >= 11 is 0. The van der Waals surface area contributed by atoms with Gasteiger partial charge in [-0.3, -0.25) is 9.59 Å². The molecule has 0 radical (unpaired) electrons. The number of ether oxygens (including phenoxy) is 1. The van der Waals surface area contributed by atoms with Crippen LogP contribution in [0.5, 0.6) is 0 Å². The van der Waals surface area contributed by atoms with E-state index in [9.17, 15) is 9.59 Å². The average Bonchev–Trinajstić information content (AvgIpc) is 2.68. The van der Waals surface area contributed by atoms with Crippen LogP contribution in [0.1, 0.15) is 30.1 Å². The predicted molar refractivity (Wildman–Crippen MR) is 107 cm³/mol. The smallest absolute Gasteiger partial charge is 0.255 e. The number of carbonyl (C=O) groups is 2. The summed E-state index contributed by atoms with van der Waals surface area (Å²) in [6.45, 7) is 3.36. The Morgan fingerprint density at radius 3 is 2.26 bits per heavy atom. The van der Waals surface area contributed by atoms with Gasteiger partial charge in [0.05, 0.1) is 6.10 Å². The zero-order chi connectivity index (χ0) is 19.2. The molecule has 2 aromatic rings. The van der Waals surface area contributed by atoms with Gasteiger partial charge in [-0.25, -0.2) is 0 Å². The summed E-state index contributed by atoms with van der Waals surface area (Å²) in [5.74, 6) is -0.327. The number of anilines is 3. The number of rotatable bonds is 5. The summed E-state index contributed by atoms with van der Waals surface area (Å²) in [7, 11) is 1.76. The molecule has 27 heavy (non-hydrogen) atoms. The second-order valence-electron chi connectivity index (χ2n) is 6.71. The fourth-order valence-corrected chi connectivity index (χ4v) is 3.23. The Morgan fingerprint density at radius 1 is 1.00 bits per heavy atom. The highest BCUT2D eigenvalue weighted by Gasteiger charge is 2.19. The summed E-state index contributed by atoms with van der Waals surface area (Å²) in [5, 5.41) is 5.58. The van der Waals surface area contributed by atoms with E-state index in [1.54, 1.807) is 31.4 Å². The SMILES string of the molecule is COC1CCCN(c2ccc(NC(=O)c3ccc(NC(C)=O)cc3)cc2)C1. The zero-order valence-electron chi connectivity index (χ0n) is 15.7. The number of piperidine rings is 1. The van der Waals surface area contributed by atoms with Crippen LogP contribution in [-0.2, 0) is 9.53 Å². The highest BCUT2D eigenvalue weighted by Crippen LogP contribution is 2.23. The maximum atomic E-state index is 12.4. The first kappa shape index (κ1) is 18.9. The monoisotopic (exact) mass is 367 g/mol. The first-order chi connectivity index (χ1) is 13.0. The lowest BCUT2D eigenvalue weighted by Gasteiger charge is -2.33. The summed E-state index contributed by atoms with van der Waals surface area (Å²) in [6.07, 6.45) is 2.49. The van der Waals surface area contributed by atoms with Gasteiger partial charge in [-0.1, -0.05) is 0 Å². The standard InChI is InChI=1S/C21H25N3O3/c1-15(25)22-17-7-5-16(6-8-17)21(26)23-18-9-11-19(12-10-18)24-13-3-4-20(14-24)27-2/h5-12,20H,3-4,13-14H2,1-2H3,(H,22,25)(H,23,26). The van der Waals surface area contributed by atoms with Crippen molar-refractivity contribution in [3.63, 3.8) is 0 Å².